The second-order valence-electron chi connectivity index (χ2n) is 5.34. The first-order valence-electron chi connectivity index (χ1n) is 5.81. The molecule has 15 heavy (non-hydrogen) atoms. The zero-order chi connectivity index (χ0) is 11.1. The van der Waals surface area contributed by atoms with E-state index in [4.69, 9.17) is 0 Å². The van der Waals surface area contributed by atoms with Crippen molar-refractivity contribution in [1.82, 2.24) is 0 Å². The van der Waals surface area contributed by atoms with Crippen molar-refractivity contribution < 1.29 is 5.11 Å². The summed E-state index contributed by atoms with van der Waals surface area (Å²) in [6.07, 6.45) is 1.93. The number of hydrogen-bond acceptors (Lipinski definition) is 1. The first kappa shape index (κ1) is 10.7. The van der Waals surface area contributed by atoms with Crippen LogP contribution in [-0.4, -0.2) is 5.11 Å². The molecule has 0 radical (unpaired) electrons. The van der Waals surface area contributed by atoms with Gasteiger partial charge in [0, 0.05) is 0 Å². The Kier molecular flexibility index (Phi) is 2.59. The molecule has 0 amide bonds. The van der Waals surface area contributed by atoms with Crippen LogP contribution in [-0.2, 0) is 6.42 Å². The molecule has 1 nitrogen and oxygen atoms in total. The Morgan fingerprint density at radius 1 is 1.33 bits per heavy atom. The molecule has 0 aliphatic heterocycles. The van der Waals surface area contributed by atoms with E-state index in [-0.39, 0.29) is 6.10 Å². The lowest BCUT2D eigenvalue weighted by atomic mass is 9.98. The van der Waals surface area contributed by atoms with Crippen LogP contribution in [0.2, 0.25) is 0 Å². The number of aliphatic hydroxyl groups is 1. The van der Waals surface area contributed by atoms with Crippen molar-refractivity contribution in [3.63, 3.8) is 0 Å². The van der Waals surface area contributed by atoms with Crippen LogP contribution in [0.1, 0.15) is 44.4 Å². The van der Waals surface area contributed by atoms with Crippen molar-refractivity contribution in [1.29, 1.82) is 0 Å². The second-order valence-corrected chi connectivity index (χ2v) is 5.34. The van der Waals surface area contributed by atoms with Crippen molar-refractivity contribution in [2.75, 3.05) is 0 Å². The lowest BCUT2D eigenvalue weighted by Crippen LogP contribution is -2.04. The van der Waals surface area contributed by atoms with Gasteiger partial charge in [-0.05, 0) is 35.3 Å². The summed E-state index contributed by atoms with van der Waals surface area (Å²) in [7, 11) is 0. The van der Waals surface area contributed by atoms with Gasteiger partial charge in [-0.15, -0.1) is 0 Å². The first-order valence-corrected chi connectivity index (χ1v) is 5.81. The van der Waals surface area contributed by atoms with E-state index in [0.29, 0.717) is 11.3 Å². The van der Waals surface area contributed by atoms with Crippen LogP contribution in [0.25, 0.3) is 0 Å². The Labute approximate surface area is 92.1 Å². The Hall–Kier alpha value is -0.820. The Morgan fingerprint density at radius 3 is 2.27 bits per heavy atom. The van der Waals surface area contributed by atoms with E-state index in [1.807, 2.05) is 0 Å². The van der Waals surface area contributed by atoms with E-state index in [0.717, 1.165) is 18.4 Å². The van der Waals surface area contributed by atoms with Crippen molar-refractivity contribution >= 4 is 0 Å². The Balaban J connectivity index is 2.10. The number of benzene rings is 1. The van der Waals surface area contributed by atoms with E-state index < -0.39 is 0 Å². The fourth-order valence-corrected chi connectivity index (χ4v) is 2.23. The summed E-state index contributed by atoms with van der Waals surface area (Å²) in [4.78, 5) is 0. The summed E-state index contributed by atoms with van der Waals surface area (Å²) in [6, 6.07) is 8.37. The molecule has 1 fully saturated rings. The predicted molar refractivity (Wildman–Crippen MR) is 62.7 cm³/mol. The molecule has 1 heteroatoms. The number of rotatable bonds is 3. The molecule has 1 aromatic rings. The summed E-state index contributed by atoms with van der Waals surface area (Å²) in [6.45, 7) is 6.60. The predicted octanol–water partition coefficient (Wildman–Crippen LogP) is 3.33. The third-order valence-electron chi connectivity index (χ3n) is 3.70. The molecule has 1 N–H and O–H groups in total. The minimum absolute atomic E-state index is 0.272. The van der Waals surface area contributed by atoms with Gasteiger partial charge in [-0.25, -0.2) is 0 Å². The molecule has 82 valence electrons. The summed E-state index contributed by atoms with van der Waals surface area (Å²) in [5, 5.41) is 10.2. The van der Waals surface area contributed by atoms with Crippen LogP contribution in [0.3, 0.4) is 0 Å². The van der Waals surface area contributed by atoms with E-state index in [2.05, 4.69) is 45.0 Å². The van der Waals surface area contributed by atoms with Gasteiger partial charge in [0.2, 0.25) is 0 Å². The van der Waals surface area contributed by atoms with Crippen molar-refractivity contribution in [3.05, 3.63) is 35.4 Å². The zero-order valence-electron chi connectivity index (χ0n) is 9.83. The molecule has 1 aliphatic carbocycles. The first-order chi connectivity index (χ1) is 7.04. The largest absolute Gasteiger partial charge is 0.388 e. The van der Waals surface area contributed by atoms with Crippen LogP contribution in [0, 0.1) is 11.3 Å². The summed E-state index contributed by atoms with van der Waals surface area (Å²) < 4.78 is 0. The molecule has 1 saturated carbocycles. The molecule has 2 unspecified atom stereocenters. The van der Waals surface area contributed by atoms with Crippen LogP contribution in [0.5, 0.6) is 0 Å². The average molecular weight is 204 g/mol. The van der Waals surface area contributed by atoms with Gasteiger partial charge >= 0.3 is 0 Å². The maximum atomic E-state index is 10.2. The van der Waals surface area contributed by atoms with Gasteiger partial charge in [-0.3, -0.25) is 0 Å². The van der Waals surface area contributed by atoms with Gasteiger partial charge in [0.05, 0.1) is 6.10 Å². The van der Waals surface area contributed by atoms with E-state index in [9.17, 15) is 5.11 Å². The second kappa shape index (κ2) is 3.64. The SMILES string of the molecule is CCc1ccc(C(O)C2CC2(C)C)cc1. The Morgan fingerprint density at radius 2 is 1.87 bits per heavy atom. The molecule has 2 atom stereocenters. The molecule has 0 spiro atoms. The summed E-state index contributed by atoms with van der Waals surface area (Å²) in [5.74, 6) is 0.449. The highest BCUT2D eigenvalue weighted by Gasteiger charge is 2.50. The van der Waals surface area contributed by atoms with Crippen LogP contribution in [0.15, 0.2) is 24.3 Å². The van der Waals surface area contributed by atoms with Crippen LogP contribution in [0.4, 0.5) is 0 Å². The van der Waals surface area contributed by atoms with Gasteiger partial charge in [0.15, 0.2) is 0 Å². The highest BCUT2D eigenvalue weighted by Crippen LogP contribution is 2.57. The minimum Gasteiger partial charge on any atom is -0.388 e. The molecule has 2 rings (SSSR count). The number of aliphatic hydroxyl groups excluding tert-OH is 1. The molecular formula is C14H20O. The molecule has 0 bridgehead atoms. The molecule has 0 saturated heterocycles. The maximum Gasteiger partial charge on any atom is 0.0823 e. The quantitative estimate of drug-likeness (QED) is 0.800. The van der Waals surface area contributed by atoms with E-state index in [1.165, 1.54) is 5.56 Å². The van der Waals surface area contributed by atoms with Crippen molar-refractivity contribution in [3.8, 4) is 0 Å². The van der Waals surface area contributed by atoms with E-state index >= 15 is 0 Å². The smallest absolute Gasteiger partial charge is 0.0823 e. The van der Waals surface area contributed by atoms with Gasteiger partial charge in [0.25, 0.3) is 0 Å². The fraction of sp³-hybridized carbons (Fsp3) is 0.571. The van der Waals surface area contributed by atoms with Gasteiger partial charge in [-0.1, -0.05) is 45.0 Å². The summed E-state index contributed by atoms with van der Waals surface area (Å²) in [5.41, 5.74) is 2.74. The third-order valence-corrected chi connectivity index (χ3v) is 3.70. The Bertz CT molecular complexity index is 337. The third kappa shape index (κ3) is 2.07. The van der Waals surface area contributed by atoms with Crippen LogP contribution >= 0.6 is 0 Å². The van der Waals surface area contributed by atoms with E-state index in [1.54, 1.807) is 0 Å². The minimum atomic E-state index is -0.272. The highest BCUT2D eigenvalue weighted by atomic mass is 16.3. The number of hydrogen-bond donors (Lipinski definition) is 1. The van der Waals surface area contributed by atoms with Crippen molar-refractivity contribution in [2.45, 2.75) is 39.7 Å². The van der Waals surface area contributed by atoms with Crippen molar-refractivity contribution in [2.24, 2.45) is 11.3 Å². The fourth-order valence-electron chi connectivity index (χ4n) is 2.23. The van der Waals surface area contributed by atoms with Gasteiger partial charge < -0.3 is 5.11 Å². The highest BCUT2D eigenvalue weighted by molar-refractivity contribution is 5.26. The molecule has 0 aromatic heterocycles. The lowest BCUT2D eigenvalue weighted by Gasteiger charge is -2.13. The van der Waals surface area contributed by atoms with Gasteiger partial charge in [-0.2, -0.15) is 0 Å². The molecule has 0 heterocycles. The van der Waals surface area contributed by atoms with Gasteiger partial charge in [0.1, 0.15) is 0 Å². The molecule has 1 aromatic carbocycles. The normalized spacial score (nSPS) is 24.9. The maximum absolute atomic E-state index is 10.2. The standard InChI is InChI=1S/C14H20O/c1-4-10-5-7-11(8-6-10)13(15)12-9-14(12,2)3/h5-8,12-13,15H,4,9H2,1-3H3. The zero-order valence-corrected chi connectivity index (χ0v) is 9.83. The lowest BCUT2D eigenvalue weighted by molar-refractivity contribution is 0.138. The number of aryl methyl sites for hydroxylation is 1. The monoisotopic (exact) mass is 204 g/mol. The molecular weight excluding hydrogens is 184 g/mol. The molecule has 1 aliphatic rings. The average Bonchev–Trinajstić information content (AvgIpc) is 2.87. The van der Waals surface area contributed by atoms with Crippen LogP contribution < -0.4 is 0 Å². The summed E-state index contributed by atoms with van der Waals surface area (Å²) >= 11 is 0. The topological polar surface area (TPSA) is 20.2 Å².